The van der Waals surface area contributed by atoms with Gasteiger partial charge in [0.2, 0.25) is 0 Å². The second-order valence-corrected chi connectivity index (χ2v) is 2.76. The summed E-state index contributed by atoms with van der Waals surface area (Å²) in [4.78, 5) is 0. The summed E-state index contributed by atoms with van der Waals surface area (Å²) < 4.78 is 1.14. The van der Waals surface area contributed by atoms with Crippen molar-refractivity contribution in [1.82, 2.24) is 0 Å². The summed E-state index contributed by atoms with van der Waals surface area (Å²) in [6.45, 7) is 0. The highest BCUT2D eigenvalue weighted by Crippen LogP contribution is 2.22. The molecule has 0 saturated heterocycles. The van der Waals surface area contributed by atoms with Crippen LogP contribution < -0.4 is 0 Å². The van der Waals surface area contributed by atoms with Gasteiger partial charge in [0.1, 0.15) is 0 Å². The van der Waals surface area contributed by atoms with Crippen molar-refractivity contribution in [3.8, 4) is 0 Å². The molecule has 0 fully saturated rings. The molecule has 0 amide bonds. The van der Waals surface area contributed by atoms with Crippen molar-refractivity contribution in [2.24, 2.45) is 0 Å². The molecule has 0 saturated carbocycles. The molecular formula is C5H7BrO. The van der Waals surface area contributed by atoms with Crippen molar-refractivity contribution >= 4 is 15.9 Å². The Morgan fingerprint density at radius 2 is 2.57 bits per heavy atom. The third kappa shape index (κ3) is 1.28. The quantitative estimate of drug-likeness (QED) is 0.572. The number of halogens is 1. The molecule has 0 heterocycles. The molecule has 1 atom stereocenters. The zero-order chi connectivity index (χ0) is 5.28. The predicted molar refractivity (Wildman–Crippen MR) is 32.3 cm³/mol. The molecule has 0 unspecified atom stereocenters. The molecule has 7 heavy (non-hydrogen) atoms. The first kappa shape index (κ1) is 5.32. The molecule has 1 N–H and O–H groups in total. The van der Waals surface area contributed by atoms with Gasteiger partial charge in [-0.1, -0.05) is 22.0 Å². The topological polar surface area (TPSA) is 20.2 Å². The average Bonchev–Trinajstić information content (AvgIpc) is 1.87. The van der Waals surface area contributed by atoms with E-state index in [9.17, 15) is 0 Å². The van der Waals surface area contributed by atoms with Gasteiger partial charge in [0.25, 0.3) is 0 Å². The fourth-order valence-electron chi connectivity index (χ4n) is 0.656. The van der Waals surface area contributed by atoms with E-state index in [-0.39, 0.29) is 6.10 Å². The van der Waals surface area contributed by atoms with Gasteiger partial charge in [0.05, 0.1) is 6.10 Å². The smallest absolute Gasteiger partial charge is 0.0620 e. The zero-order valence-electron chi connectivity index (χ0n) is 3.89. The average molecular weight is 163 g/mol. The molecule has 1 aliphatic rings. The Kier molecular flexibility index (Phi) is 1.50. The van der Waals surface area contributed by atoms with Crippen LogP contribution in [0.25, 0.3) is 0 Å². The maximum Gasteiger partial charge on any atom is 0.0620 e. The summed E-state index contributed by atoms with van der Waals surface area (Å²) in [5.41, 5.74) is 0. The van der Waals surface area contributed by atoms with Crippen LogP contribution in [0.5, 0.6) is 0 Å². The van der Waals surface area contributed by atoms with Gasteiger partial charge in [0.15, 0.2) is 0 Å². The van der Waals surface area contributed by atoms with Gasteiger partial charge in [-0.05, 0) is 10.9 Å². The highest BCUT2D eigenvalue weighted by atomic mass is 79.9. The summed E-state index contributed by atoms with van der Waals surface area (Å²) in [7, 11) is 0. The molecule has 1 rings (SSSR count). The van der Waals surface area contributed by atoms with E-state index in [1.54, 1.807) is 0 Å². The van der Waals surface area contributed by atoms with Crippen LogP contribution in [0.3, 0.4) is 0 Å². The van der Waals surface area contributed by atoms with Crippen LogP contribution in [0, 0.1) is 0 Å². The van der Waals surface area contributed by atoms with Gasteiger partial charge in [-0.15, -0.1) is 0 Å². The van der Waals surface area contributed by atoms with Crippen LogP contribution in [0.1, 0.15) is 12.8 Å². The molecular weight excluding hydrogens is 156 g/mol. The SMILES string of the molecule is O[C@H]1CC=C(Br)C1. The number of hydrogen-bond acceptors (Lipinski definition) is 1. The van der Waals surface area contributed by atoms with Crippen molar-refractivity contribution in [2.45, 2.75) is 18.9 Å². The summed E-state index contributed by atoms with van der Waals surface area (Å²) in [6, 6.07) is 0. The Balaban J connectivity index is 2.42. The second kappa shape index (κ2) is 1.97. The van der Waals surface area contributed by atoms with Crippen LogP contribution in [-0.4, -0.2) is 11.2 Å². The van der Waals surface area contributed by atoms with E-state index in [2.05, 4.69) is 15.9 Å². The van der Waals surface area contributed by atoms with Crippen LogP contribution in [-0.2, 0) is 0 Å². The lowest BCUT2D eigenvalue weighted by atomic mass is 10.3. The van der Waals surface area contributed by atoms with E-state index in [1.807, 2.05) is 6.08 Å². The van der Waals surface area contributed by atoms with Crippen molar-refractivity contribution < 1.29 is 5.11 Å². The standard InChI is InChI=1S/C5H7BrO/c6-4-1-2-5(7)3-4/h1,5,7H,2-3H2/t5-/m0/s1. The molecule has 1 aliphatic carbocycles. The number of aliphatic hydroxyl groups is 1. The zero-order valence-corrected chi connectivity index (χ0v) is 5.48. The number of hydrogen-bond donors (Lipinski definition) is 1. The first-order valence-corrected chi connectivity index (χ1v) is 3.11. The molecule has 0 aliphatic heterocycles. The maximum absolute atomic E-state index is 8.82. The lowest BCUT2D eigenvalue weighted by Crippen LogP contribution is -1.96. The van der Waals surface area contributed by atoms with Crippen molar-refractivity contribution in [1.29, 1.82) is 0 Å². The van der Waals surface area contributed by atoms with Gasteiger partial charge in [0, 0.05) is 6.42 Å². The molecule has 0 radical (unpaired) electrons. The van der Waals surface area contributed by atoms with E-state index in [4.69, 9.17) is 5.11 Å². The third-order valence-electron chi connectivity index (χ3n) is 1.04. The summed E-state index contributed by atoms with van der Waals surface area (Å²) in [5.74, 6) is 0. The molecule has 0 aromatic carbocycles. The van der Waals surface area contributed by atoms with Gasteiger partial charge < -0.3 is 5.11 Å². The maximum atomic E-state index is 8.82. The molecule has 2 heteroatoms. The summed E-state index contributed by atoms with van der Waals surface area (Å²) in [6.07, 6.45) is 3.51. The largest absolute Gasteiger partial charge is 0.392 e. The highest BCUT2D eigenvalue weighted by molar-refractivity contribution is 9.11. The number of aliphatic hydroxyl groups excluding tert-OH is 1. The van der Waals surface area contributed by atoms with E-state index in [1.165, 1.54) is 0 Å². The van der Waals surface area contributed by atoms with Crippen LogP contribution in [0.2, 0.25) is 0 Å². The van der Waals surface area contributed by atoms with Crippen LogP contribution in [0.15, 0.2) is 10.6 Å². The lowest BCUT2D eigenvalue weighted by molar-refractivity contribution is 0.189. The first-order valence-electron chi connectivity index (χ1n) is 2.31. The van der Waals surface area contributed by atoms with Gasteiger partial charge in [-0.2, -0.15) is 0 Å². The molecule has 1 nitrogen and oxygen atoms in total. The minimum Gasteiger partial charge on any atom is -0.392 e. The molecule has 0 aromatic heterocycles. The van der Waals surface area contributed by atoms with E-state index >= 15 is 0 Å². The fourth-order valence-corrected chi connectivity index (χ4v) is 1.22. The molecule has 0 bridgehead atoms. The van der Waals surface area contributed by atoms with E-state index in [0.717, 1.165) is 17.3 Å². The van der Waals surface area contributed by atoms with Crippen molar-refractivity contribution in [2.75, 3.05) is 0 Å². The third-order valence-corrected chi connectivity index (χ3v) is 1.69. The summed E-state index contributed by atoms with van der Waals surface area (Å²) in [5, 5.41) is 8.82. The monoisotopic (exact) mass is 162 g/mol. The Morgan fingerprint density at radius 1 is 1.86 bits per heavy atom. The number of rotatable bonds is 0. The first-order chi connectivity index (χ1) is 3.29. The Bertz CT molecular complexity index is 98.3. The Labute approximate surface area is 51.2 Å². The molecule has 0 aromatic rings. The Hall–Kier alpha value is 0.180. The highest BCUT2D eigenvalue weighted by Gasteiger charge is 2.10. The second-order valence-electron chi connectivity index (χ2n) is 1.74. The van der Waals surface area contributed by atoms with Gasteiger partial charge in [-0.25, -0.2) is 0 Å². The predicted octanol–water partition coefficient (Wildman–Crippen LogP) is 1.42. The van der Waals surface area contributed by atoms with Gasteiger partial charge in [-0.3, -0.25) is 0 Å². The van der Waals surface area contributed by atoms with Crippen LogP contribution >= 0.6 is 15.9 Å². The van der Waals surface area contributed by atoms with E-state index < -0.39 is 0 Å². The minimum absolute atomic E-state index is 0.116. The fraction of sp³-hybridized carbons (Fsp3) is 0.600. The minimum atomic E-state index is -0.116. The van der Waals surface area contributed by atoms with Gasteiger partial charge >= 0.3 is 0 Å². The molecule has 0 spiro atoms. The van der Waals surface area contributed by atoms with Crippen molar-refractivity contribution in [3.05, 3.63) is 10.6 Å². The normalized spacial score (nSPS) is 30.6. The van der Waals surface area contributed by atoms with Crippen molar-refractivity contribution in [3.63, 3.8) is 0 Å². The van der Waals surface area contributed by atoms with Crippen LogP contribution in [0.4, 0.5) is 0 Å². The summed E-state index contributed by atoms with van der Waals surface area (Å²) >= 11 is 3.28. The van der Waals surface area contributed by atoms with E-state index in [0.29, 0.717) is 0 Å². The Morgan fingerprint density at radius 3 is 2.71 bits per heavy atom. The molecule has 40 valence electrons. The lowest BCUT2D eigenvalue weighted by Gasteiger charge is -1.93.